The van der Waals surface area contributed by atoms with Gasteiger partial charge in [0.1, 0.15) is 5.78 Å². The van der Waals surface area contributed by atoms with E-state index in [2.05, 4.69) is 6.92 Å². The van der Waals surface area contributed by atoms with Crippen LogP contribution in [0.2, 0.25) is 0 Å². The molecular weight excluding hydrogens is 248 g/mol. The Hall–Kier alpha value is -0.660. The molecule has 0 N–H and O–H groups in total. The third-order valence-electron chi connectivity index (χ3n) is 3.82. The summed E-state index contributed by atoms with van der Waals surface area (Å²) in [4.78, 5) is 21.3. The van der Waals surface area contributed by atoms with Crippen LogP contribution < -0.4 is 0 Å². The van der Waals surface area contributed by atoms with Crippen molar-refractivity contribution in [1.29, 1.82) is 0 Å². The molecule has 0 atom stereocenters. The highest BCUT2D eigenvalue weighted by molar-refractivity contribution is 5.80. The van der Waals surface area contributed by atoms with Gasteiger partial charge in [-0.2, -0.15) is 0 Å². The molecule has 2 heteroatoms. The fourth-order valence-electron chi connectivity index (χ4n) is 2.48. The zero-order valence-corrected chi connectivity index (χ0v) is 13.4. The van der Waals surface area contributed by atoms with Gasteiger partial charge in [0.05, 0.1) is 0 Å². The van der Waals surface area contributed by atoms with Crippen LogP contribution >= 0.6 is 0 Å². The first-order chi connectivity index (χ1) is 9.81. The van der Waals surface area contributed by atoms with E-state index in [1.54, 1.807) is 6.29 Å². The van der Waals surface area contributed by atoms with Gasteiger partial charge in [-0.15, -0.1) is 0 Å². The van der Waals surface area contributed by atoms with Crippen molar-refractivity contribution in [3.05, 3.63) is 0 Å². The van der Waals surface area contributed by atoms with Crippen LogP contribution in [0.25, 0.3) is 0 Å². The minimum atomic E-state index is 0.223. The molecule has 1 radical (unpaired) electrons. The standard InChI is InChI=1S/C18H33O2/c1-2-3-4-5-6-7-8-9-10-11-12-13-15-18(20)16-14-17-19/h2-16H2,1H3. The molecule has 0 aliphatic heterocycles. The normalized spacial score (nSPS) is 10.7. The van der Waals surface area contributed by atoms with Crippen LogP contribution in [-0.2, 0) is 9.59 Å². The highest BCUT2D eigenvalue weighted by atomic mass is 16.1. The minimum absolute atomic E-state index is 0.223. The average Bonchev–Trinajstić information content (AvgIpc) is 2.46. The maximum Gasteiger partial charge on any atom is 0.198 e. The summed E-state index contributed by atoms with van der Waals surface area (Å²) in [6.45, 7) is 2.26. The Morgan fingerprint density at radius 2 is 1.15 bits per heavy atom. The Kier molecular flexibility index (Phi) is 15.9. The van der Waals surface area contributed by atoms with E-state index >= 15 is 0 Å². The summed E-state index contributed by atoms with van der Waals surface area (Å²) in [6, 6.07) is 0. The van der Waals surface area contributed by atoms with E-state index in [9.17, 15) is 9.59 Å². The summed E-state index contributed by atoms with van der Waals surface area (Å²) in [5.74, 6) is 0.223. The second-order valence-corrected chi connectivity index (χ2v) is 5.82. The quantitative estimate of drug-likeness (QED) is 0.348. The van der Waals surface area contributed by atoms with Gasteiger partial charge in [0.2, 0.25) is 0 Å². The van der Waals surface area contributed by atoms with Gasteiger partial charge >= 0.3 is 0 Å². The van der Waals surface area contributed by atoms with Crippen LogP contribution in [0.5, 0.6) is 0 Å². The van der Waals surface area contributed by atoms with E-state index in [0.717, 1.165) is 12.8 Å². The summed E-state index contributed by atoms with van der Waals surface area (Å²) in [5.41, 5.74) is 0. The fraction of sp³-hybridized carbons (Fsp3) is 0.889. The first-order valence-corrected chi connectivity index (χ1v) is 8.68. The van der Waals surface area contributed by atoms with Gasteiger partial charge in [-0.05, 0) is 6.42 Å². The lowest BCUT2D eigenvalue weighted by Gasteiger charge is -2.02. The topological polar surface area (TPSA) is 34.1 Å². The van der Waals surface area contributed by atoms with Gasteiger partial charge < -0.3 is 0 Å². The molecule has 0 saturated heterocycles. The number of Topliss-reactive ketones (excluding diaryl/α,β-unsaturated/α-hetero) is 1. The second-order valence-electron chi connectivity index (χ2n) is 5.82. The van der Waals surface area contributed by atoms with Crippen LogP contribution in [0.15, 0.2) is 0 Å². The highest BCUT2D eigenvalue weighted by Gasteiger charge is 2.01. The lowest BCUT2D eigenvalue weighted by Crippen LogP contribution is -1.97. The number of carbonyl (C=O) groups excluding carboxylic acids is 2. The molecular formula is C18H33O2. The van der Waals surface area contributed by atoms with E-state index in [1.807, 2.05) is 0 Å². The van der Waals surface area contributed by atoms with Crippen molar-refractivity contribution in [3.8, 4) is 0 Å². The molecule has 0 heterocycles. The smallest absolute Gasteiger partial charge is 0.198 e. The van der Waals surface area contributed by atoms with Gasteiger partial charge in [-0.3, -0.25) is 9.59 Å². The van der Waals surface area contributed by atoms with E-state index in [0.29, 0.717) is 12.8 Å². The molecule has 2 nitrogen and oxygen atoms in total. The van der Waals surface area contributed by atoms with Crippen LogP contribution in [0.4, 0.5) is 0 Å². The number of hydrogen-bond acceptors (Lipinski definition) is 2. The van der Waals surface area contributed by atoms with Crippen molar-refractivity contribution < 1.29 is 9.59 Å². The summed E-state index contributed by atoms with van der Waals surface area (Å²) in [5, 5.41) is 0. The Labute approximate surface area is 125 Å². The van der Waals surface area contributed by atoms with Gasteiger partial charge in [-0.25, -0.2) is 0 Å². The Bertz CT molecular complexity index is 223. The van der Waals surface area contributed by atoms with E-state index in [1.165, 1.54) is 64.2 Å². The summed E-state index contributed by atoms with van der Waals surface area (Å²) in [7, 11) is 0. The molecule has 0 aromatic carbocycles. The number of ketones is 1. The zero-order chi connectivity index (χ0) is 14.9. The number of rotatable bonds is 16. The maximum atomic E-state index is 11.3. The van der Waals surface area contributed by atoms with Crippen LogP contribution in [0.1, 0.15) is 103 Å². The lowest BCUT2D eigenvalue weighted by atomic mass is 10.0. The van der Waals surface area contributed by atoms with Crippen molar-refractivity contribution >= 4 is 12.1 Å². The van der Waals surface area contributed by atoms with Crippen molar-refractivity contribution in [2.45, 2.75) is 103 Å². The lowest BCUT2D eigenvalue weighted by molar-refractivity contribution is -0.119. The third-order valence-corrected chi connectivity index (χ3v) is 3.82. The molecule has 0 fully saturated rings. The van der Waals surface area contributed by atoms with Crippen molar-refractivity contribution in [2.24, 2.45) is 0 Å². The van der Waals surface area contributed by atoms with Crippen LogP contribution in [0.3, 0.4) is 0 Å². The first-order valence-electron chi connectivity index (χ1n) is 8.68. The maximum absolute atomic E-state index is 11.3. The third kappa shape index (κ3) is 15.4. The SMILES string of the molecule is CCCCCCCCCCCCCCC(=O)CC[C]=O. The number of hydrogen-bond donors (Lipinski definition) is 0. The summed E-state index contributed by atoms with van der Waals surface area (Å²) in [6.07, 6.45) is 18.9. The first kappa shape index (κ1) is 19.3. The van der Waals surface area contributed by atoms with Gasteiger partial charge in [0.25, 0.3) is 0 Å². The predicted octanol–water partition coefficient (Wildman–Crippen LogP) is 5.54. The van der Waals surface area contributed by atoms with E-state index in [4.69, 9.17) is 0 Å². The molecule has 0 aromatic rings. The van der Waals surface area contributed by atoms with Gasteiger partial charge in [-0.1, -0.05) is 77.6 Å². The minimum Gasteiger partial charge on any atom is -0.300 e. The molecule has 0 aliphatic carbocycles. The molecule has 20 heavy (non-hydrogen) atoms. The molecule has 0 spiro atoms. The second kappa shape index (κ2) is 16.4. The molecule has 0 saturated carbocycles. The largest absolute Gasteiger partial charge is 0.300 e. The highest BCUT2D eigenvalue weighted by Crippen LogP contribution is 2.12. The molecule has 117 valence electrons. The molecule has 0 aliphatic rings. The Morgan fingerprint density at radius 1 is 0.700 bits per heavy atom. The summed E-state index contributed by atoms with van der Waals surface area (Å²) < 4.78 is 0. The van der Waals surface area contributed by atoms with Crippen LogP contribution in [-0.4, -0.2) is 12.1 Å². The number of carbonyl (C=O) groups is 1. The summed E-state index contributed by atoms with van der Waals surface area (Å²) >= 11 is 0. The predicted molar refractivity (Wildman–Crippen MR) is 85.6 cm³/mol. The average molecular weight is 281 g/mol. The molecule has 0 rings (SSSR count). The van der Waals surface area contributed by atoms with Crippen molar-refractivity contribution in [2.75, 3.05) is 0 Å². The van der Waals surface area contributed by atoms with Crippen molar-refractivity contribution in [1.82, 2.24) is 0 Å². The Balaban J connectivity index is 3.06. The zero-order valence-electron chi connectivity index (χ0n) is 13.4. The fourth-order valence-corrected chi connectivity index (χ4v) is 2.48. The van der Waals surface area contributed by atoms with Crippen molar-refractivity contribution in [3.63, 3.8) is 0 Å². The molecule has 0 unspecified atom stereocenters. The van der Waals surface area contributed by atoms with Gasteiger partial charge in [0, 0.05) is 19.3 Å². The molecule has 0 bridgehead atoms. The monoisotopic (exact) mass is 281 g/mol. The number of unbranched alkanes of at least 4 members (excludes halogenated alkanes) is 11. The van der Waals surface area contributed by atoms with Crippen LogP contribution in [0, 0.1) is 0 Å². The van der Waals surface area contributed by atoms with E-state index in [-0.39, 0.29) is 12.2 Å². The molecule has 0 aromatic heterocycles. The molecule has 0 amide bonds. The van der Waals surface area contributed by atoms with Gasteiger partial charge in [0.15, 0.2) is 6.29 Å². The van der Waals surface area contributed by atoms with E-state index < -0.39 is 0 Å². The Morgan fingerprint density at radius 3 is 1.60 bits per heavy atom.